The van der Waals surface area contributed by atoms with Crippen molar-refractivity contribution >= 4 is 23.2 Å². The lowest BCUT2D eigenvalue weighted by atomic mass is 10.1. The van der Waals surface area contributed by atoms with Crippen LogP contribution in [0.5, 0.6) is 0 Å². The molecule has 5 nitrogen and oxygen atoms in total. The van der Waals surface area contributed by atoms with Crippen molar-refractivity contribution in [2.45, 2.75) is 13.1 Å². The summed E-state index contributed by atoms with van der Waals surface area (Å²) >= 11 is 0. The summed E-state index contributed by atoms with van der Waals surface area (Å²) in [6, 6.07) is 14.1. The van der Waals surface area contributed by atoms with E-state index in [0.29, 0.717) is 5.69 Å². The highest BCUT2D eigenvalue weighted by Crippen LogP contribution is 2.30. The van der Waals surface area contributed by atoms with Crippen molar-refractivity contribution in [3.05, 3.63) is 89.2 Å². The van der Waals surface area contributed by atoms with E-state index in [1.165, 1.54) is 30.5 Å². The van der Waals surface area contributed by atoms with Crippen LogP contribution in [0.2, 0.25) is 0 Å². The molecule has 148 valence electrons. The Morgan fingerprint density at radius 3 is 2.21 bits per heavy atom. The molecular formula is C21H16F3N3O2. The molecule has 0 unspecified atom stereocenters. The van der Waals surface area contributed by atoms with Crippen LogP contribution in [0, 0.1) is 6.92 Å². The number of nitrogens with one attached hydrogen (secondary N) is 2. The number of rotatable bonds is 4. The quantitative estimate of drug-likeness (QED) is 0.655. The monoisotopic (exact) mass is 399 g/mol. The molecule has 8 heteroatoms. The average molecular weight is 399 g/mol. The Labute approximate surface area is 164 Å². The molecule has 0 aliphatic carbocycles. The van der Waals surface area contributed by atoms with E-state index in [1.54, 1.807) is 18.2 Å². The van der Waals surface area contributed by atoms with Gasteiger partial charge >= 0.3 is 6.18 Å². The SMILES string of the molecule is Cc1cccc(NC(=O)c2cc(C(=O)Nc3cccc(C(F)(F)F)c3)ccn2)c1. The predicted octanol–water partition coefficient (Wildman–Crippen LogP) is 4.91. The van der Waals surface area contributed by atoms with E-state index < -0.39 is 23.6 Å². The number of amides is 2. The first-order valence-corrected chi connectivity index (χ1v) is 8.55. The van der Waals surface area contributed by atoms with Crippen molar-refractivity contribution in [2.75, 3.05) is 10.6 Å². The van der Waals surface area contributed by atoms with Gasteiger partial charge in [-0.2, -0.15) is 13.2 Å². The number of aromatic nitrogens is 1. The number of hydrogen-bond donors (Lipinski definition) is 2. The Kier molecular flexibility index (Phi) is 5.63. The second kappa shape index (κ2) is 8.14. The number of carbonyl (C=O) groups excluding carboxylic acids is 2. The van der Waals surface area contributed by atoms with Crippen molar-refractivity contribution in [3.63, 3.8) is 0 Å². The fraction of sp³-hybridized carbons (Fsp3) is 0.0952. The molecule has 1 heterocycles. The number of pyridine rings is 1. The van der Waals surface area contributed by atoms with Crippen LogP contribution in [-0.4, -0.2) is 16.8 Å². The molecule has 2 N–H and O–H groups in total. The van der Waals surface area contributed by atoms with Gasteiger partial charge in [0.1, 0.15) is 5.69 Å². The number of alkyl halides is 3. The number of nitrogens with zero attached hydrogens (tertiary/aromatic N) is 1. The second-order valence-corrected chi connectivity index (χ2v) is 6.29. The second-order valence-electron chi connectivity index (χ2n) is 6.29. The number of anilines is 2. The Balaban J connectivity index is 1.75. The van der Waals surface area contributed by atoms with Crippen LogP contribution in [0.15, 0.2) is 66.9 Å². The topological polar surface area (TPSA) is 71.1 Å². The molecule has 2 amide bonds. The maximum Gasteiger partial charge on any atom is 0.416 e. The third kappa shape index (κ3) is 5.19. The molecule has 0 saturated heterocycles. The predicted molar refractivity (Wildman–Crippen MR) is 103 cm³/mol. The Bertz CT molecular complexity index is 1060. The number of carbonyl (C=O) groups is 2. The average Bonchev–Trinajstić information content (AvgIpc) is 2.67. The van der Waals surface area contributed by atoms with Gasteiger partial charge in [0, 0.05) is 23.1 Å². The van der Waals surface area contributed by atoms with Crippen molar-refractivity contribution < 1.29 is 22.8 Å². The lowest BCUT2D eigenvalue weighted by molar-refractivity contribution is -0.137. The van der Waals surface area contributed by atoms with E-state index in [1.807, 2.05) is 13.0 Å². The van der Waals surface area contributed by atoms with Crippen molar-refractivity contribution in [1.82, 2.24) is 4.98 Å². The molecule has 3 rings (SSSR count). The molecule has 0 aliphatic rings. The van der Waals surface area contributed by atoms with Crippen LogP contribution in [0.3, 0.4) is 0 Å². The van der Waals surface area contributed by atoms with Crippen LogP contribution in [0.25, 0.3) is 0 Å². The van der Waals surface area contributed by atoms with Gasteiger partial charge in [0.2, 0.25) is 0 Å². The van der Waals surface area contributed by atoms with E-state index >= 15 is 0 Å². The molecule has 0 fully saturated rings. The normalized spacial score (nSPS) is 11.0. The summed E-state index contributed by atoms with van der Waals surface area (Å²) < 4.78 is 38.4. The molecular weight excluding hydrogens is 383 g/mol. The Hall–Kier alpha value is -3.68. The Morgan fingerprint density at radius 1 is 0.862 bits per heavy atom. The summed E-state index contributed by atoms with van der Waals surface area (Å²) in [5.74, 6) is -1.17. The summed E-state index contributed by atoms with van der Waals surface area (Å²) in [7, 11) is 0. The molecule has 0 atom stereocenters. The van der Waals surface area contributed by atoms with Gasteiger partial charge in [-0.3, -0.25) is 14.6 Å². The van der Waals surface area contributed by atoms with Gasteiger partial charge in [-0.15, -0.1) is 0 Å². The van der Waals surface area contributed by atoms with E-state index in [0.717, 1.165) is 17.7 Å². The van der Waals surface area contributed by atoms with Gasteiger partial charge in [0.25, 0.3) is 11.8 Å². The third-order valence-electron chi connectivity index (χ3n) is 3.98. The van der Waals surface area contributed by atoms with Gasteiger partial charge < -0.3 is 10.6 Å². The fourth-order valence-electron chi connectivity index (χ4n) is 2.59. The summed E-state index contributed by atoms with van der Waals surface area (Å²) in [6.07, 6.45) is -3.23. The minimum Gasteiger partial charge on any atom is -0.322 e. The molecule has 0 bridgehead atoms. The molecule has 0 aliphatic heterocycles. The van der Waals surface area contributed by atoms with Crippen LogP contribution < -0.4 is 10.6 Å². The van der Waals surface area contributed by atoms with E-state index in [2.05, 4.69) is 15.6 Å². The molecule has 1 aromatic heterocycles. The van der Waals surface area contributed by atoms with Crippen molar-refractivity contribution in [2.24, 2.45) is 0 Å². The molecule has 0 saturated carbocycles. The maximum absolute atomic E-state index is 12.8. The van der Waals surface area contributed by atoms with Crippen LogP contribution >= 0.6 is 0 Å². The van der Waals surface area contributed by atoms with Crippen LogP contribution in [0.1, 0.15) is 32.0 Å². The number of benzene rings is 2. The van der Waals surface area contributed by atoms with E-state index in [4.69, 9.17) is 0 Å². The highest BCUT2D eigenvalue weighted by Gasteiger charge is 2.30. The van der Waals surface area contributed by atoms with Crippen LogP contribution in [-0.2, 0) is 6.18 Å². The zero-order chi connectivity index (χ0) is 21.0. The van der Waals surface area contributed by atoms with Gasteiger partial charge in [0.05, 0.1) is 5.56 Å². The first kappa shape index (κ1) is 20.1. The minimum atomic E-state index is -4.52. The number of hydrogen-bond acceptors (Lipinski definition) is 3. The largest absolute Gasteiger partial charge is 0.416 e. The summed E-state index contributed by atoms with van der Waals surface area (Å²) in [5, 5.41) is 5.08. The molecule has 0 spiro atoms. The van der Waals surface area contributed by atoms with Gasteiger partial charge in [-0.1, -0.05) is 18.2 Å². The number of halogens is 3. The Morgan fingerprint density at radius 2 is 1.52 bits per heavy atom. The summed E-state index contributed by atoms with van der Waals surface area (Å²) in [6.45, 7) is 1.88. The first-order chi connectivity index (χ1) is 13.7. The standard InChI is InChI=1S/C21H16F3N3O2/c1-13-4-2-6-16(10-13)27-20(29)18-11-14(8-9-25-18)19(28)26-17-7-3-5-15(12-17)21(22,23)24/h2-12H,1H3,(H,26,28)(H,27,29). The third-order valence-corrected chi connectivity index (χ3v) is 3.98. The lowest BCUT2D eigenvalue weighted by Gasteiger charge is -2.10. The van der Waals surface area contributed by atoms with Gasteiger partial charge in [-0.25, -0.2) is 0 Å². The first-order valence-electron chi connectivity index (χ1n) is 8.55. The zero-order valence-electron chi connectivity index (χ0n) is 15.2. The summed E-state index contributed by atoms with van der Waals surface area (Å²) in [4.78, 5) is 28.7. The van der Waals surface area contributed by atoms with Gasteiger partial charge in [-0.05, 0) is 55.0 Å². The van der Waals surface area contributed by atoms with Crippen LogP contribution in [0.4, 0.5) is 24.5 Å². The van der Waals surface area contributed by atoms with E-state index in [-0.39, 0.29) is 16.9 Å². The zero-order valence-corrected chi connectivity index (χ0v) is 15.2. The van der Waals surface area contributed by atoms with E-state index in [9.17, 15) is 22.8 Å². The number of aryl methyl sites for hydroxylation is 1. The summed E-state index contributed by atoms with van der Waals surface area (Å²) in [5.41, 5.74) is 0.756. The highest BCUT2D eigenvalue weighted by molar-refractivity contribution is 6.07. The smallest absolute Gasteiger partial charge is 0.322 e. The van der Waals surface area contributed by atoms with Crippen molar-refractivity contribution in [3.8, 4) is 0 Å². The molecule has 3 aromatic rings. The maximum atomic E-state index is 12.8. The minimum absolute atomic E-state index is 0.00296. The van der Waals surface area contributed by atoms with Crippen molar-refractivity contribution in [1.29, 1.82) is 0 Å². The highest BCUT2D eigenvalue weighted by atomic mass is 19.4. The molecule has 29 heavy (non-hydrogen) atoms. The lowest BCUT2D eigenvalue weighted by Crippen LogP contribution is -2.17. The van der Waals surface area contributed by atoms with Gasteiger partial charge in [0.15, 0.2) is 0 Å². The fourth-order valence-corrected chi connectivity index (χ4v) is 2.59. The molecule has 2 aromatic carbocycles. The molecule has 0 radical (unpaired) electrons.